The average Bonchev–Trinajstić information content (AvgIpc) is 2.52. The van der Waals surface area contributed by atoms with Gasteiger partial charge in [0, 0.05) is 12.0 Å². The lowest BCUT2D eigenvalue weighted by Gasteiger charge is -2.32. The van der Waals surface area contributed by atoms with Gasteiger partial charge < -0.3 is 24.1 Å². The molecule has 24 heavy (non-hydrogen) atoms. The first-order chi connectivity index (χ1) is 11.4. The molecule has 130 valence electrons. The summed E-state index contributed by atoms with van der Waals surface area (Å²) in [6.45, 7) is 2.28. The molecule has 2 N–H and O–H groups in total. The second-order valence-electron chi connectivity index (χ2n) is 5.41. The van der Waals surface area contributed by atoms with Gasteiger partial charge in [-0.05, 0) is 25.5 Å². The summed E-state index contributed by atoms with van der Waals surface area (Å²) < 4.78 is 14.4. The van der Waals surface area contributed by atoms with E-state index < -0.39 is 23.8 Å². The van der Waals surface area contributed by atoms with Crippen LogP contribution in [-0.2, 0) is 9.47 Å². The minimum Gasteiger partial charge on any atom is -0.465 e. The molecular formula is C17H20O7. The summed E-state index contributed by atoms with van der Waals surface area (Å²) >= 11 is 0. The van der Waals surface area contributed by atoms with Crippen molar-refractivity contribution in [2.24, 2.45) is 0 Å². The molecule has 0 spiro atoms. The summed E-state index contributed by atoms with van der Waals surface area (Å²) in [6, 6.07) is 8.43. The maximum atomic E-state index is 11.4. The summed E-state index contributed by atoms with van der Waals surface area (Å²) in [4.78, 5) is 22.6. The van der Waals surface area contributed by atoms with Gasteiger partial charge in [-0.1, -0.05) is 18.2 Å². The lowest BCUT2D eigenvalue weighted by atomic mass is 10.0. The number of rotatable bonds is 3. The van der Waals surface area contributed by atoms with E-state index in [1.54, 1.807) is 31.2 Å². The predicted octanol–water partition coefficient (Wildman–Crippen LogP) is 1.10. The third kappa shape index (κ3) is 4.19. The monoisotopic (exact) mass is 336 g/mol. The van der Waals surface area contributed by atoms with E-state index in [0.29, 0.717) is 17.6 Å². The molecule has 1 aliphatic rings. The van der Waals surface area contributed by atoms with E-state index >= 15 is 0 Å². The molecule has 3 unspecified atom stereocenters. The van der Waals surface area contributed by atoms with Crippen molar-refractivity contribution >= 4 is 16.9 Å². The highest BCUT2D eigenvalue weighted by Crippen LogP contribution is 2.17. The first-order valence-electron chi connectivity index (χ1n) is 7.53. The van der Waals surface area contributed by atoms with E-state index in [1.165, 1.54) is 13.2 Å². The summed E-state index contributed by atoms with van der Waals surface area (Å²) in [6.07, 6.45) is -0.620. The smallest absolute Gasteiger partial charge is 0.351 e. The fraction of sp³-hybridized carbons (Fsp3) is 0.412. The fourth-order valence-corrected chi connectivity index (χ4v) is 2.15. The maximum Gasteiger partial charge on any atom is 0.351 e. The van der Waals surface area contributed by atoms with Gasteiger partial charge in [0.25, 0.3) is 0 Å². The molecule has 2 aromatic rings. The SMILES string of the molecule is CC(O)C(O)C1CCO1.COC(=O)c1cc2ccccc2oc1=O. The average molecular weight is 336 g/mol. The van der Waals surface area contributed by atoms with Gasteiger partial charge in [-0.25, -0.2) is 9.59 Å². The summed E-state index contributed by atoms with van der Waals surface area (Å²) in [5.74, 6) is -0.686. The number of aliphatic hydroxyl groups excluding tert-OH is 2. The number of carbonyl (C=O) groups excluding carboxylic acids is 1. The van der Waals surface area contributed by atoms with Crippen LogP contribution in [0.5, 0.6) is 0 Å². The molecule has 1 fully saturated rings. The van der Waals surface area contributed by atoms with Crippen LogP contribution in [0.2, 0.25) is 0 Å². The number of fused-ring (bicyclic) bond motifs is 1. The lowest BCUT2D eigenvalue weighted by Crippen LogP contribution is -2.44. The van der Waals surface area contributed by atoms with Gasteiger partial charge in [-0.2, -0.15) is 0 Å². The van der Waals surface area contributed by atoms with Crippen molar-refractivity contribution in [3.8, 4) is 0 Å². The first kappa shape index (κ1) is 18.1. The minimum absolute atomic E-state index is 0.0869. The first-order valence-corrected chi connectivity index (χ1v) is 7.53. The van der Waals surface area contributed by atoms with E-state index in [4.69, 9.17) is 19.4 Å². The van der Waals surface area contributed by atoms with Crippen LogP contribution in [0.4, 0.5) is 0 Å². The van der Waals surface area contributed by atoms with Crippen LogP contribution in [0, 0.1) is 0 Å². The number of carbonyl (C=O) groups is 1. The Bertz CT molecular complexity index is 746. The van der Waals surface area contributed by atoms with E-state index in [-0.39, 0.29) is 11.7 Å². The van der Waals surface area contributed by atoms with Crippen molar-refractivity contribution in [1.82, 2.24) is 0 Å². The van der Waals surface area contributed by atoms with Crippen molar-refractivity contribution in [1.29, 1.82) is 0 Å². The summed E-state index contributed by atoms with van der Waals surface area (Å²) in [7, 11) is 1.22. The number of esters is 1. The number of para-hydroxylation sites is 1. The normalized spacial score (nSPS) is 18.8. The Hall–Kier alpha value is -2.22. The Labute approximate surface area is 138 Å². The van der Waals surface area contributed by atoms with E-state index in [0.717, 1.165) is 6.42 Å². The topological polar surface area (TPSA) is 106 Å². The molecule has 7 nitrogen and oxygen atoms in total. The Balaban J connectivity index is 0.000000198. The summed E-state index contributed by atoms with van der Waals surface area (Å²) in [5.41, 5.74) is -0.313. The zero-order valence-corrected chi connectivity index (χ0v) is 13.5. The van der Waals surface area contributed by atoms with Crippen LogP contribution in [-0.4, -0.2) is 48.2 Å². The largest absolute Gasteiger partial charge is 0.465 e. The molecular weight excluding hydrogens is 316 g/mol. The van der Waals surface area contributed by atoms with Crippen LogP contribution in [0.1, 0.15) is 23.7 Å². The highest BCUT2D eigenvalue weighted by Gasteiger charge is 2.29. The van der Waals surface area contributed by atoms with Gasteiger partial charge in [0.15, 0.2) is 0 Å². The number of methoxy groups -OCH3 is 1. The Morgan fingerprint density at radius 2 is 2.00 bits per heavy atom. The number of aliphatic hydroxyl groups is 2. The van der Waals surface area contributed by atoms with Gasteiger partial charge in [-0.3, -0.25) is 0 Å². The van der Waals surface area contributed by atoms with Crippen LogP contribution >= 0.6 is 0 Å². The van der Waals surface area contributed by atoms with E-state index in [2.05, 4.69) is 4.74 Å². The molecule has 1 saturated heterocycles. The second kappa shape index (κ2) is 8.05. The zero-order valence-electron chi connectivity index (χ0n) is 13.5. The van der Waals surface area contributed by atoms with Crippen LogP contribution in [0.15, 0.2) is 39.5 Å². The third-order valence-corrected chi connectivity index (χ3v) is 3.66. The fourth-order valence-electron chi connectivity index (χ4n) is 2.15. The van der Waals surface area contributed by atoms with Crippen LogP contribution < -0.4 is 5.63 Å². The zero-order chi connectivity index (χ0) is 17.7. The number of benzene rings is 1. The van der Waals surface area contributed by atoms with Crippen LogP contribution in [0.3, 0.4) is 0 Å². The quantitative estimate of drug-likeness (QED) is 0.638. The van der Waals surface area contributed by atoms with Crippen molar-refractivity contribution in [2.75, 3.05) is 13.7 Å². The lowest BCUT2D eigenvalue weighted by molar-refractivity contribution is -0.145. The molecule has 1 aliphatic heterocycles. The molecule has 2 heterocycles. The van der Waals surface area contributed by atoms with E-state index in [9.17, 15) is 9.59 Å². The molecule has 0 saturated carbocycles. The molecule has 1 aromatic carbocycles. The van der Waals surface area contributed by atoms with Crippen molar-refractivity contribution in [2.45, 2.75) is 31.7 Å². The van der Waals surface area contributed by atoms with Crippen molar-refractivity contribution < 1.29 is 28.9 Å². The van der Waals surface area contributed by atoms with E-state index in [1.807, 2.05) is 0 Å². The highest BCUT2D eigenvalue weighted by atomic mass is 16.5. The summed E-state index contributed by atoms with van der Waals surface area (Å²) in [5, 5.41) is 18.6. The van der Waals surface area contributed by atoms with Crippen LogP contribution in [0.25, 0.3) is 11.0 Å². The number of hydrogen-bond donors (Lipinski definition) is 2. The van der Waals surface area contributed by atoms with Crippen molar-refractivity contribution in [3.05, 3.63) is 46.3 Å². The predicted molar refractivity (Wildman–Crippen MR) is 85.9 cm³/mol. The van der Waals surface area contributed by atoms with Gasteiger partial charge in [0.2, 0.25) is 0 Å². The Morgan fingerprint density at radius 1 is 1.33 bits per heavy atom. The van der Waals surface area contributed by atoms with Gasteiger partial charge in [0.05, 0.1) is 19.3 Å². The standard InChI is InChI=1S/C11H8O4.C6H12O3/c1-14-10(12)8-6-7-4-2-3-5-9(7)15-11(8)13;1-4(7)6(8)5-2-3-9-5/h2-6H,1H3;4-8H,2-3H2,1H3. The van der Waals surface area contributed by atoms with Gasteiger partial charge >= 0.3 is 11.6 Å². The van der Waals surface area contributed by atoms with Crippen molar-refractivity contribution in [3.63, 3.8) is 0 Å². The number of ether oxygens (including phenoxy) is 2. The molecule has 0 aliphatic carbocycles. The Morgan fingerprint density at radius 3 is 2.50 bits per heavy atom. The molecule has 1 aromatic heterocycles. The molecule has 7 heteroatoms. The van der Waals surface area contributed by atoms with Gasteiger partial charge in [0.1, 0.15) is 17.3 Å². The minimum atomic E-state index is -0.696. The Kier molecular flexibility index (Phi) is 6.08. The second-order valence-corrected chi connectivity index (χ2v) is 5.41. The number of hydrogen-bond acceptors (Lipinski definition) is 7. The molecule has 3 rings (SSSR count). The molecule has 3 atom stereocenters. The highest BCUT2D eigenvalue weighted by molar-refractivity contribution is 5.92. The maximum absolute atomic E-state index is 11.4. The third-order valence-electron chi connectivity index (χ3n) is 3.66. The molecule has 0 radical (unpaired) electrons. The molecule has 0 amide bonds. The van der Waals surface area contributed by atoms with Gasteiger partial charge in [-0.15, -0.1) is 0 Å². The molecule has 0 bridgehead atoms.